The highest BCUT2D eigenvalue weighted by Crippen LogP contribution is 2.36. The molecular formula is C13H15NO2S. The van der Waals surface area contributed by atoms with Crippen LogP contribution in [0.1, 0.15) is 24.6 Å². The molecule has 0 amide bonds. The highest BCUT2D eigenvalue weighted by Gasteiger charge is 2.15. The summed E-state index contributed by atoms with van der Waals surface area (Å²) in [7, 11) is 0. The average Bonchev–Trinajstić information content (AvgIpc) is 2.68. The van der Waals surface area contributed by atoms with Crippen LogP contribution in [0.25, 0.3) is 10.1 Å². The maximum atomic E-state index is 10.0. The molecule has 0 unspecified atom stereocenters. The summed E-state index contributed by atoms with van der Waals surface area (Å²) in [6.07, 6.45) is 1.96. The molecule has 0 radical (unpaired) electrons. The molecule has 2 rings (SSSR count). The summed E-state index contributed by atoms with van der Waals surface area (Å²) in [5.41, 5.74) is 0. The van der Waals surface area contributed by atoms with Crippen LogP contribution in [0, 0.1) is 5.41 Å². The van der Waals surface area contributed by atoms with Crippen molar-refractivity contribution in [3.8, 4) is 5.75 Å². The lowest BCUT2D eigenvalue weighted by atomic mass is 10.2. The Kier molecular flexibility index (Phi) is 3.64. The fourth-order valence-corrected chi connectivity index (χ4v) is 2.57. The fraction of sp³-hybridized carbons (Fsp3) is 0.308. The number of aromatic hydroxyl groups is 1. The summed E-state index contributed by atoms with van der Waals surface area (Å²) < 4.78 is 6.29. The lowest BCUT2D eigenvalue weighted by molar-refractivity contribution is 0.295. The maximum Gasteiger partial charge on any atom is 0.227 e. The zero-order valence-electron chi connectivity index (χ0n) is 9.69. The van der Waals surface area contributed by atoms with Crippen molar-refractivity contribution in [1.29, 1.82) is 5.41 Å². The number of hydrogen-bond acceptors (Lipinski definition) is 4. The monoisotopic (exact) mass is 249 g/mol. The number of fused-ring (bicyclic) bond motifs is 1. The topological polar surface area (TPSA) is 53.3 Å². The van der Waals surface area contributed by atoms with Crippen molar-refractivity contribution in [2.45, 2.75) is 19.8 Å². The summed E-state index contributed by atoms with van der Waals surface area (Å²) in [5.74, 6) is 0.226. The van der Waals surface area contributed by atoms with E-state index in [0.29, 0.717) is 11.5 Å². The molecule has 0 bridgehead atoms. The summed E-state index contributed by atoms with van der Waals surface area (Å²) >= 11 is 1.39. The maximum absolute atomic E-state index is 10.0. The Morgan fingerprint density at radius 1 is 1.41 bits per heavy atom. The van der Waals surface area contributed by atoms with E-state index in [4.69, 9.17) is 10.1 Å². The second-order valence-electron chi connectivity index (χ2n) is 3.81. The third kappa shape index (κ3) is 2.42. The third-order valence-electron chi connectivity index (χ3n) is 2.52. The number of thiophene rings is 1. The van der Waals surface area contributed by atoms with Crippen molar-refractivity contribution in [2.24, 2.45) is 0 Å². The van der Waals surface area contributed by atoms with E-state index in [9.17, 15) is 5.11 Å². The molecule has 1 heterocycles. The third-order valence-corrected chi connectivity index (χ3v) is 3.68. The number of ether oxygens (including phenoxy) is 1. The quantitative estimate of drug-likeness (QED) is 0.492. The van der Waals surface area contributed by atoms with Crippen molar-refractivity contribution in [3.63, 3.8) is 0 Å². The van der Waals surface area contributed by atoms with E-state index >= 15 is 0 Å². The van der Waals surface area contributed by atoms with Gasteiger partial charge in [-0.2, -0.15) is 0 Å². The van der Waals surface area contributed by atoms with E-state index in [1.54, 1.807) is 0 Å². The summed E-state index contributed by atoms with van der Waals surface area (Å²) in [6.45, 7) is 2.60. The zero-order valence-corrected chi connectivity index (χ0v) is 10.5. The lowest BCUT2D eigenvalue weighted by Crippen LogP contribution is -2.04. The molecule has 0 fully saturated rings. The molecular weight excluding hydrogens is 234 g/mol. The Hall–Kier alpha value is -1.55. The summed E-state index contributed by atoms with van der Waals surface area (Å²) in [5, 5.41) is 18.6. The van der Waals surface area contributed by atoms with Gasteiger partial charge in [0.05, 0.1) is 6.61 Å². The average molecular weight is 249 g/mol. The minimum atomic E-state index is 0.0668. The van der Waals surface area contributed by atoms with Gasteiger partial charge in [0.15, 0.2) is 0 Å². The van der Waals surface area contributed by atoms with E-state index in [1.165, 1.54) is 11.3 Å². The molecule has 2 aromatic rings. The van der Waals surface area contributed by atoms with Crippen molar-refractivity contribution >= 4 is 27.3 Å². The van der Waals surface area contributed by atoms with Gasteiger partial charge >= 0.3 is 0 Å². The first-order chi connectivity index (χ1) is 8.24. The number of benzene rings is 1. The van der Waals surface area contributed by atoms with Crippen LogP contribution in [0.4, 0.5) is 0 Å². The second kappa shape index (κ2) is 5.19. The molecule has 0 aliphatic carbocycles. The molecule has 90 valence electrons. The van der Waals surface area contributed by atoms with Gasteiger partial charge in [-0.1, -0.05) is 25.5 Å². The van der Waals surface area contributed by atoms with E-state index < -0.39 is 0 Å². The van der Waals surface area contributed by atoms with Crippen LogP contribution >= 0.6 is 11.3 Å². The standard InChI is InChI=1S/C13H15NO2S/c1-2-3-8-16-13(14)12-11(15)9-6-4-5-7-10(9)17-12/h4-7,14-15H,2-3,8H2,1H3. The van der Waals surface area contributed by atoms with Crippen molar-refractivity contribution in [1.82, 2.24) is 0 Å². The van der Waals surface area contributed by atoms with E-state index in [-0.39, 0.29) is 11.6 Å². The largest absolute Gasteiger partial charge is 0.506 e. The van der Waals surface area contributed by atoms with Crippen LogP contribution in [0.15, 0.2) is 24.3 Å². The van der Waals surface area contributed by atoms with Crippen molar-refractivity contribution in [3.05, 3.63) is 29.1 Å². The van der Waals surface area contributed by atoms with Crippen LogP contribution < -0.4 is 0 Å². The minimum Gasteiger partial charge on any atom is -0.506 e. The Morgan fingerprint density at radius 3 is 2.88 bits per heavy atom. The van der Waals surface area contributed by atoms with E-state index in [1.807, 2.05) is 24.3 Å². The molecule has 1 aromatic carbocycles. The van der Waals surface area contributed by atoms with Crippen LogP contribution in [0.5, 0.6) is 5.75 Å². The van der Waals surface area contributed by atoms with Gasteiger partial charge in [-0.05, 0) is 18.6 Å². The normalized spacial score (nSPS) is 10.6. The van der Waals surface area contributed by atoms with Crippen molar-refractivity contribution in [2.75, 3.05) is 6.61 Å². The Morgan fingerprint density at radius 2 is 2.18 bits per heavy atom. The van der Waals surface area contributed by atoms with E-state index in [2.05, 4.69) is 6.92 Å². The number of hydrogen-bond donors (Lipinski definition) is 2. The summed E-state index contributed by atoms with van der Waals surface area (Å²) in [4.78, 5) is 0.516. The molecule has 0 aliphatic rings. The zero-order chi connectivity index (χ0) is 12.3. The molecule has 1 aromatic heterocycles. The van der Waals surface area contributed by atoms with Crippen molar-refractivity contribution < 1.29 is 9.84 Å². The van der Waals surface area contributed by atoms with Crippen LogP contribution in [0.2, 0.25) is 0 Å². The van der Waals surface area contributed by atoms with Gasteiger partial charge in [0.25, 0.3) is 0 Å². The molecule has 2 N–H and O–H groups in total. The number of nitrogens with one attached hydrogen (secondary N) is 1. The van der Waals surface area contributed by atoms with Crippen LogP contribution in [0.3, 0.4) is 0 Å². The Labute approximate surface area is 104 Å². The Balaban J connectivity index is 2.23. The molecule has 0 spiro atoms. The first-order valence-electron chi connectivity index (χ1n) is 5.66. The van der Waals surface area contributed by atoms with Gasteiger partial charge in [-0.15, -0.1) is 11.3 Å². The molecule has 0 aliphatic heterocycles. The second-order valence-corrected chi connectivity index (χ2v) is 4.86. The first-order valence-corrected chi connectivity index (χ1v) is 6.48. The molecule has 0 saturated heterocycles. The molecule has 4 heteroatoms. The van der Waals surface area contributed by atoms with Gasteiger partial charge in [0.2, 0.25) is 5.90 Å². The first kappa shape index (κ1) is 11.9. The van der Waals surface area contributed by atoms with Gasteiger partial charge in [-0.3, -0.25) is 5.41 Å². The van der Waals surface area contributed by atoms with Gasteiger partial charge in [-0.25, -0.2) is 0 Å². The van der Waals surface area contributed by atoms with Crippen LogP contribution in [-0.4, -0.2) is 17.6 Å². The smallest absolute Gasteiger partial charge is 0.227 e. The fourth-order valence-electron chi connectivity index (χ4n) is 1.57. The van der Waals surface area contributed by atoms with Crippen LogP contribution in [-0.2, 0) is 4.74 Å². The van der Waals surface area contributed by atoms with Gasteiger partial charge < -0.3 is 9.84 Å². The predicted octanol–water partition coefficient (Wildman–Crippen LogP) is 3.75. The lowest BCUT2D eigenvalue weighted by Gasteiger charge is -2.04. The predicted molar refractivity (Wildman–Crippen MR) is 71.2 cm³/mol. The highest BCUT2D eigenvalue weighted by molar-refractivity contribution is 7.21. The SMILES string of the molecule is CCCCOC(=N)c1sc2ccccc2c1O. The number of rotatable bonds is 4. The Bertz CT molecular complexity index is 533. The molecule has 0 saturated carbocycles. The summed E-state index contributed by atoms with van der Waals surface area (Å²) in [6, 6.07) is 7.58. The van der Waals surface area contributed by atoms with Gasteiger partial charge in [0, 0.05) is 10.1 Å². The van der Waals surface area contributed by atoms with E-state index in [0.717, 1.165) is 22.9 Å². The van der Waals surface area contributed by atoms with Gasteiger partial charge in [0.1, 0.15) is 10.6 Å². The molecule has 17 heavy (non-hydrogen) atoms. The minimum absolute atomic E-state index is 0.0668. The number of unbranched alkanes of at least 4 members (excludes halogenated alkanes) is 1. The molecule has 0 atom stereocenters. The molecule has 3 nitrogen and oxygen atoms in total. The highest BCUT2D eigenvalue weighted by atomic mass is 32.1.